The van der Waals surface area contributed by atoms with Gasteiger partial charge in [0.1, 0.15) is 0 Å². The summed E-state index contributed by atoms with van der Waals surface area (Å²) in [6, 6.07) is 8.27. The molecule has 0 N–H and O–H groups in total. The fraction of sp³-hybridized carbons (Fsp3) is 0.750. The molecule has 1 aliphatic heterocycles. The van der Waals surface area contributed by atoms with Crippen LogP contribution in [-0.4, -0.2) is 23.0 Å². The summed E-state index contributed by atoms with van der Waals surface area (Å²) < 4.78 is 0. The molecule has 2 bridgehead atoms. The second-order valence-electron chi connectivity index (χ2n) is 11.0. The van der Waals surface area contributed by atoms with Crippen molar-refractivity contribution < 1.29 is 0 Å². The lowest BCUT2D eigenvalue weighted by Crippen LogP contribution is -2.64. The van der Waals surface area contributed by atoms with Crippen molar-refractivity contribution in [2.24, 2.45) is 5.92 Å². The molecule has 2 fully saturated rings. The van der Waals surface area contributed by atoms with Crippen LogP contribution in [0.25, 0.3) is 0 Å². The van der Waals surface area contributed by atoms with Crippen molar-refractivity contribution >= 4 is 0 Å². The summed E-state index contributed by atoms with van der Waals surface area (Å²) in [5, 5.41) is 0. The molecule has 1 aromatic rings. The highest BCUT2D eigenvalue weighted by atomic mass is 15.2. The van der Waals surface area contributed by atoms with Gasteiger partial charge in [-0.3, -0.25) is 4.90 Å². The highest BCUT2D eigenvalue weighted by molar-refractivity contribution is 5.45. The monoisotopic (exact) mass is 339 g/mol. The van der Waals surface area contributed by atoms with Gasteiger partial charge in [-0.15, -0.1) is 0 Å². The number of benzene rings is 1. The number of likely N-dealkylation sites (tertiary alicyclic amines) is 1. The van der Waals surface area contributed by atoms with Gasteiger partial charge in [0.15, 0.2) is 0 Å². The van der Waals surface area contributed by atoms with Gasteiger partial charge in [-0.2, -0.15) is 0 Å². The lowest BCUT2D eigenvalue weighted by Gasteiger charge is -2.61. The van der Waals surface area contributed by atoms with Gasteiger partial charge in [-0.05, 0) is 81.0 Å². The Hall–Kier alpha value is -0.820. The Morgan fingerprint density at radius 2 is 1.76 bits per heavy atom. The van der Waals surface area contributed by atoms with Crippen LogP contribution in [0.5, 0.6) is 0 Å². The third-order valence-corrected chi connectivity index (χ3v) is 7.56. The molecule has 3 aliphatic rings. The standard InChI is InChI=1S/C24H37N/c1-22(2,3)18-11-10-17-15-21-19-9-7-8-12-24(19,20(17)16-18)13-14-25(21)23(4,5)6/h10-11,16,19,21H,7-9,12-15H2,1-6H3. The Morgan fingerprint density at radius 3 is 2.44 bits per heavy atom. The molecule has 1 saturated carbocycles. The van der Waals surface area contributed by atoms with Crippen LogP contribution in [0.2, 0.25) is 0 Å². The summed E-state index contributed by atoms with van der Waals surface area (Å²) in [6.45, 7) is 15.6. The Morgan fingerprint density at radius 1 is 1.00 bits per heavy atom. The number of nitrogens with zero attached hydrogens (tertiary/aromatic N) is 1. The van der Waals surface area contributed by atoms with E-state index in [1.807, 2.05) is 0 Å². The zero-order valence-corrected chi connectivity index (χ0v) is 17.3. The Kier molecular flexibility index (Phi) is 3.93. The molecule has 0 amide bonds. The van der Waals surface area contributed by atoms with Gasteiger partial charge >= 0.3 is 0 Å². The molecule has 0 aromatic heterocycles. The first-order valence-corrected chi connectivity index (χ1v) is 10.5. The normalized spacial score (nSPS) is 32.9. The van der Waals surface area contributed by atoms with Gasteiger partial charge in [-0.25, -0.2) is 0 Å². The third kappa shape index (κ3) is 2.69. The van der Waals surface area contributed by atoms with Crippen LogP contribution >= 0.6 is 0 Å². The highest BCUT2D eigenvalue weighted by Gasteiger charge is 2.55. The van der Waals surface area contributed by atoms with Crippen molar-refractivity contribution in [2.45, 2.75) is 102 Å². The summed E-state index contributed by atoms with van der Waals surface area (Å²) in [5.41, 5.74) is 5.94. The SMILES string of the molecule is CC(C)(C)c1ccc2c(c1)C13CCCCC1C(C2)N(C(C)(C)C)CC3. The van der Waals surface area contributed by atoms with Crippen LogP contribution in [0, 0.1) is 5.92 Å². The van der Waals surface area contributed by atoms with Gasteiger partial charge in [0, 0.05) is 17.0 Å². The fourth-order valence-electron chi connectivity index (χ4n) is 6.30. The van der Waals surface area contributed by atoms with Crippen LogP contribution in [0.15, 0.2) is 18.2 Å². The zero-order chi connectivity index (χ0) is 18.0. The topological polar surface area (TPSA) is 3.24 Å². The van der Waals surface area contributed by atoms with E-state index in [4.69, 9.17) is 0 Å². The predicted molar refractivity (Wildman–Crippen MR) is 107 cm³/mol. The van der Waals surface area contributed by atoms with Crippen molar-refractivity contribution in [3.8, 4) is 0 Å². The molecular formula is C24H37N. The molecule has 4 rings (SSSR count). The molecule has 3 unspecified atom stereocenters. The smallest absolute Gasteiger partial charge is 0.0178 e. The molecular weight excluding hydrogens is 302 g/mol. The first-order chi connectivity index (χ1) is 11.6. The number of hydrogen-bond acceptors (Lipinski definition) is 1. The van der Waals surface area contributed by atoms with E-state index in [1.165, 1.54) is 50.6 Å². The summed E-state index contributed by atoms with van der Waals surface area (Å²) in [5.74, 6) is 0.872. The zero-order valence-electron chi connectivity index (χ0n) is 17.3. The predicted octanol–water partition coefficient (Wildman–Crippen LogP) is 5.84. The van der Waals surface area contributed by atoms with Crippen molar-refractivity contribution in [1.29, 1.82) is 0 Å². The summed E-state index contributed by atoms with van der Waals surface area (Å²) >= 11 is 0. The van der Waals surface area contributed by atoms with E-state index in [9.17, 15) is 0 Å². The number of piperidine rings is 1. The maximum atomic E-state index is 2.85. The Bertz CT molecular complexity index is 660. The minimum atomic E-state index is 0.249. The van der Waals surface area contributed by atoms with E-state index >= 15 is 0 Å². The minimum absolute atomic E-state index is 0.249. The quantitative estimate of drug-likeness (QED) is 0.574. The van der Waals surface area contributed by atoms with E-state index in [0.717, 1.165) is 12.0 Å². The van der Waals surface area contributed by atoms with E-state index in [0.29, 0.717) is 5.41 Å². The van der Waals surface area contributed by atoms with E-state index in [2.05, 4.69) is 64.6 Å². The van der Waals surface area contributed by atoms with E-state index in [1.54, 1.807) is 11.1 Å². The van der Waals surface area contributed by atoms with Gasteiger partial charge < -0.3 is 0 Å². The van der Waals surface area contributed by atoms with E-state index < -0.39 is 0 Å². The van der Waals surface area contributed by atoms with Crippen molar-refractivity contribution in [3.63, 3.8) is 0 Å². The summed E-state index contributed by atoms with van der Waals surface area (Å²) in [7, 11) is 0. The molecule has 3 atom stereocenters. The molecule has 0 spiro atoms. The largest absolute Gasteiger partial charge is 0.295 e. The molecule has 1 nitrogen and oxygen atoms in total. The average Bonchev–Trinajstić information content (AvgIpc) is 2.52. The average molecular weight is 340 g/mol. The summed E-state index contributed by atoms with van der Waals surface area (Å²) in [4.78, 5) is 2.85. The third-order valence-electron chi connectivity index (χ3n) is 7.56. The van der Waals surface area contributed by atoms with Crippen molar-refractivity contribution in [2.75, 3.05) is 6.54 Å². The Labute approximate surface area is 155 Å². The van der Waals surface area contributed by atoms with Crippen LogP contribution in [0.4, 0.5) is 0 Å². The van der Waals surface area contributed by atoms with Crippen molar-refractivity contribution in [3.05, 3.63) is 34.9 Å². The molecule has 1 aromatic carbocycles. The molecule has 138 valence electrons. The lowest BCUT2D eigenvalue weighted by atomic mass is 9.51. The van der Waals surface area contributed by atoms with Crippen LogP contribution in [0.3, 0.4) is 0 Å². The first-order valence-electron chi connectivity index (χ1n) is 10.5. The van der Waals surface area contributed by atoms with Gasteiger partial charge in [0.05, 0.1) is 0 Å². The number of fused-ring (bicyclic) bond motifs is 1. The maximum absolute atomic E-state index is 2.85. The van der Waals surface area contributed by atoms with E-state index in [-0.39, 0.29) is 11.0 Å². The second kappa shape index (κ2) is 5.59. The van der Waals surface area contributed by atoms with Gasteiger partial charge in [0.2, 0.25) is 0 Å². The molecule has 2 aliphatic carbocycles. The fourth-order valence-corrected chi connectivity index (χ4v) is 6.30. The van der Waals surface area contributed by atoms with Crippen LogP contribution in [-0.2, 0) is 17.3 Å². The highest BCUT2D eigenvalue weighted by Crippen LogP contribution is 2.57. The van der Waals surface area contributed by atoms with Crippen molar-refractivity contribution in [1.82, 2.24) is 4.90 Å². The molecule has 1 heterocycles. The lowest BCUT2D eigenvalue weighted by molar-refractivity contribution is -0.0542. The van der Waals surface area contributed by atoms with Crippen LogP contribution in [0.1, 0.15) is 90.3 Å². The summed E-state index contributed by atoms with van der Waals surface area (Å²) in [6.07, 6.45) is 8.37. The second-order valence-corrected chi connectivity index (χ2v) is 11.0. The molecule has 25 heavy (non-hydrogen) atoms. The number of rotatable bonds is 0. The number of hydrogen-bond donors (Lipinski definition) is 0. The van der Waals surface area contributed by atoms with Gasteiger partial charge in [0.25, 0.3) is 0 Å². The Balaban J connectivity index is 1.84. The first kappa shape index (κ1) is 17.6. The molecule has 1 heteroatoms. The minimum Gasteiger partial charge on any atom is -0.295 e. The van der Waals surface area contributed by atoms with Gasteiger partial charge in [-0.1, -0.05) is 51.8 Å². The maximum Gasteiger partial charge on any atom is 0.0178 e. The molecule has 0 radical (unpaired) electrons. The van der Waals surface area contributed by atoms with Crippen LogP contribution < -0.4 is 0 Å². The molecule has 1 saturated heterocycles.